The van der Waals surface area contributed by atoms with Crippen molar-refractivity contribution in [2.24, 2.45) is 0 Å². The Bertz CT molecular complexity index is 644. The molecule has 0 saturated heterocycles. The third-order valence-corrected chi connectivity index (χ3v) is 3.48. The molecule has 0 unspecified atom stereocenters. The van der Waals surface area contributed by atoms with Gasteiger partial charge in [-0.25, -0.2) is 0 Å². The second-order valence-corrected chi connectivity index (χ2v) is 5.16. The Morgan fingerprint density at radius 2 is 1.90 bits per heavy atom. The summed E-state index contributed by atoms with van der Waals surface area (Å²) in [6.45, 7) is 4.59. The highest BCUT2D eigenvalue weighted by Crippen LogP contribution is 2.36. The van der Waals surface area contributed by atoms with Gasteiger partial charge < -0.3 is 14.8 Å². The summed E-state index contributed by atoms with van der Waals surface area (Å²) in [4.78, 5) is 4.43. The fourth-order valence-corrected chi connectivity index (χ4v) is 2.45. The van der Waals surface area contributed by atoms with E-state index < -0.39 is 0 Å². The van der Waals surface area contributed by atoms with Crippen LogP contribution in [0, 0.1) is 13.8 Å². The second kappa shape index (κ2) is 6.68. The molecule has 1 N–H and O–H groups in total. The first kappa shape index (κ1) is 15.4. The Balaban J connectivity index is 2.18. The highest BCUT2D eigenvalue weighted by molar-refractivity contribution is 6.32. The molecule has 0 aliphatic heterocycles. The van der Waals surface area contributed by atoms with E-state index in [4.69, 9.17) is 21.1 Å². The van der Waals surface area contributed by atoms with Crippen LogP contribution < -0.4 is 14.8 Å². The number of anilines is 1. The van der Waals surface area contributed by atoms with Gasteiger partial charge in [-0.15, -0.1) is 0 Å². The van der Waals surface area contributed by atoms with Crippen LogP contribution in [-0.2, 0) is 6.54 Å². The van der Waals surface area contributed by atoms with Gasteiger partial charge in [-0.1, -0.05) is 11.6 Å². The molecule has 0 amide bonds. The van der Waals surface area contributed by atoms with Crippen molar-refractivity contribution in [3.8, 4) is 11.5 Å². The lowest BCUT2D eigenvalue weighted by molar-refractivity contribution is 0.355. The summed E-state index contributed by atoms with van der Waals surface area (Å²) in [6, 6.07) is 7.79. The predicted molar refractivity (Wildman–Crippen MR) is 85.6 cm³/mol. The molecule has 0 bridgehead atoms. The predicted octanol–water partition coefficient (Wildman–Crippen LogP) is 3.98. The molecule has 1 aromatic heterocycles. The van der Waals surface area contributed by atoms with Gasteiger partial charge in [0.15, 0.2) is 11.5 Å². The van der Waals surface area contributed by atoms with Gasteiger partial charge in [-0.3, -0.25) is 4.98 Å². The number of nitrogens with zero attached hydrogens (tertiary/aromatic N) is 1. The number of hydrogen-bond acceptors (Lipinski definition) is 4. The molecule has 21 heavy (non-hydrogen) atoms. The topological polar surface area (TPSA) is 43.4 Å². The standard InChI is InChI=1S/C16H19ClN2O2/c1-10-5-6-14(11(2)19-10)18-9-12-7-13(17)16(21-4)15(8-12)20-3/h5-8,18H,9H2,1-4H3. The molecule has 0 radical (unpaired) electrons. The lowest BCUT2D eigenvalue weighted by Crippen LogP contribution is -2.03. The lowest BCUT2D eigenvalue weighted by Gasteiger charge is -2.13. The van der Waals surface area contributed by atoms with E-state index in [2.05, 4.69) is 10.3 Å². The molecule has 5 heteroatoms. The first-order valence-corrected chi connectivity index (χ1v) is 7.01. The number of ether oxygens (including phenoxy) is 2. The van der Waals surface area contributed by atoms with E-state index in [0.717, 1.165) is 22.6 Å². The first-order valence-electron chi connectivity index (χ1n) is 6.63. The Hall–Kier alpha value is -1.94. The fourth-order valence-electron chi connectivity index (χ4n) is 2.14. The zero-order valence-electron chi connectivity index (χ0n) is 12.7. The van der Waals surface area contributed by atoms with Crippen molar-refractivity contribution in [3.63, 3.8) is 0 Å². The quantitative estimate of drug-likeness (QED) is 0.907. The number of rotatable bonds is 5. The zero-order chi connectivity index (χ0) is 15.4. The highest BCUT2D eigenvalue weighted by atomic mass is 35.5. The number of hydrogen-bond donors (Lipinski definition) is 1. The van der Waals surface area contributed by atoms with Crippen LogP contribution in [0.25, 0.3) is 0 Å². The first-order chi connectivity index (χ1) is 10.0. The van der Waals surface area contributed by atoms with Crippen molar-refractivity contribution in [3.05, 3.63) is 46.2 Å². The van der Waals surface area contributed by atoms with Crippen LogP contribution in [0.2, 0.25) is 5.02 Å². The Labute approximate surface area is 130 Å². The number of benzene rings is 1. The van der Waals surface area contributed by atoms with E-state index in [1.807, 2.05) is 38.1 Å². The second-order valence-electron chi connectivity index (χ2n) is 4.75. The van der Waals surface area contributed by atoms with Gasteiger partial charge in [0.05, 0.1) is 30.6 Å². The molecule has 2 rings (SSSR count). The highest BCUT2D eigenvalue weighted by Gasteiger charge is 2.11. The molecule has 0 aliphatic rings. The van der Waals surface area contributed by atoms with E-state index in [1.54, 1.807) is 14.2 Å². The van der Waals surface area contributed by atoms with E-state index in [0.29, 0.717) is 23.1 Å². The summed E-state index contributed by atoms with van der Waals surface area (Å²) in [5, 5.41) is 3.89. The van der Waals surface area contributed by atoms with Crippen molar-refractivity contribution in [2.75, 3.05) is 19.5 Å². The van der Waals surface area contributed by atoms with Crippen LogP contribution >= 0.6 is 11.6 Å². The largest absolute Gasteiger partial charge is 0.493 e. The molecule has 0 saturated carbocycles. The van der Waals surface area contributed by atoms with Crippen molar-refractivity contribution in [1.29, 1.82) is 0 Å². The Kier molecular flexibility index (Phi) is 4.91. The van der Waals surface area contributed by atoms with Gasteiger partial charge >= 0.3 is 0 Å². The van der Waals surface area contributed by atoms with Gasteiger partial charge in [0.25, 0.3) is 0 Å². The van der Waals surface area contributed by atoms with Crippen LogP contribution in [0.5, 0.6) is 11.5 Å². The number of methoxy groups -OCH3 is 2. The number of aryl methyl sites for hydroxylation is 2. The molecule has 0 fully saturated rings. The average molecular weight is 307 g/mol. The maximum atomic E-state index is 6.20. The SMILES string of the molecule is COc1cc(CNc2ccc(C)nc2C)cc(Cl)c1OC. The third kappa shape index (κ3) is 3.58. The average Bonchev–Trinajstić information content (AvgIpc) is 2.45. The minimum absolute atomic E-state index is 0.535. The van der Waals surface area contributed by atoms with Gasteiger partial charge in [0, 0.05) is 12.2 Å². The Morgan fingerprint density at radius 1 is 1.14 bits per heavy atom. The van der Waals surface area contributed by atoms with Gasteiger partial charge in [0.1, 0.15) is 0 Å². The molecule has 112 valence electrons. The lowest BCUT2D eigenvalue weighted by atomic mass is 10.2. The molecular weight excluding hydrogens is 288 g/mol. The number of pyridine rings is 1. The maximum Gasteiger partial charge on any atom is 0.179 e. The molecular formula is C16H19ClN2O2. The third-order valence-electron chi connectivity index (χ3n) is 3.20. The van der Waals surface area contributed by atoms with Crippen LogP contribution in [0.15, 0.2) is 24.3 Å². The van der Waals surface area contributed by atoms with Crippen molar-refractivity contribution in [1.82, 2.24) is 4.98 Å². The monoisotopic (exact) mass is 306 g/mol. The van der Waals surface area contributed by atoms with Gasteiger partial charge in [-0.05, 0) is 43.7 Å². The van der Waals surface area contributed by atoms with E-state index in [9.17, 15) is 0 Å². The maximum absolute atomic E-state index is 6.20. The summed E-state index contributed by atoms with van der Waals surface area (Å²) in [6.07, 6.45) is 0. The van der Waals surface area contributed by atoms with Gasteiger partial charge in [0.2, 0.25) is 0 Å². The summed E-state index contributed by atoms with van der Waals surface area (Å²) >= 11 is 6.20. The molecule has 0 aliphatic carbocycles. The number of halogens is 1. The van der Waals surface area contributed by atoms with Gasteiger partial charge in [-0.2, -0.15) is 0 Å². The minimum atomic E-state index is 0.535. The molecule has 1 heterocycles. The molecule has 0 spiro atoms. The smallest absolute Gasteiger partial charge is 0.179 e. The van der Waals surface area contributed by atoms with Crippen molar-refractivity contribution >= 4 is 17.3 Å². The zero-order valence-corrected chi connectivity index (χ0v) is 13.4. The summed E-state index contributed by atoms with van der Waals surface area (Å²) in [5.74, 6) is 1.18. The van der Waals surface area contributed by atoms with Crippen LogP contribution in [0.4, 0.5) is 5.69 Å². The fraction of sp³-hybridized carbons (Fsp3) is 0.312. The molecule has 2 aromatic rings. The van der Waals surface area contributed by atoms with Crippen LogP contribution in [0.3, 0.4) is 0 Å². The van der Waals surface area contributed by atoms with Crippen LogP contribution in [0.1, 0.15) is 17.0 Å². The summed E-state index contributed by atoms with van der Waals surface area (Å²) < 4.78 is 10.5. The normalized spacial score (nSPS) is 10.3. The van der Waals surface area contributed by atoms with Crippen LogP contribution in [-0.4, -0.2) is 19.2 Å². The van der Waals surface area contributed by atoms with Crippen molar-refractivity contribution in [2.45, 2.75) is 20.4 Å². The molecule has 0 atom stereocenters. The summed E-state index contributed by atoms with van der Waals surface area (Å²) in [7, 11) is 3.17. The molecule has 4 nitrogen and oxygen atoms in total. The van der Waals surface area contributed by atoms with E-state index >= 15 is 0 Å². The number of nitrogens with one attached hydrogen (secondary N) is 1. The number of aromatic nitrogens is 1. The molecule has 1 aromatic carbocycles. The van der Waals surface area contributed by atoms with E-state index in [-0.39, 0.29) is 0 Å². The minimum Gasteiger partial charge on any atom is -0.493 e. The Morgan fingerprint density at radius 3 is 2.52 bits per heavy atom. The summed E-state index contributed by atoms with van der Waals surface area (Å²) in [5.41, 5.74) is 4.00. The van der Waals surface area contributed by atoms with E-state index in [1.165, 1.54) is 0 Å². The van der Waals surface area contributed by atoms with Crippen molar-refractivity contribution < 1.29 is 9.47 Å².